The second-order valence-electron chi connectivity index (χ2n) is 7.80. The van der Waals surface area contributed by atoms with Crippen LogP contribution >= 0.6 is 0 Å². The molecule has 1 heterocycles. The Bertz CT molecular complexity index is 1060. The molecule has 1 fully saturated rings. The number of imide groups is 1. The van der Waals surface area contributed by atoms with E-state index in [0.29, 0.717) is 22.4 Å². The minimum absolute atomic E-state index is 0.0348. The maximum absolute atomic E-state index is 12.8. The van der Waals surface area contributed by atoms with Crippen LogP contribution in [0.2, 0.25) is 0 Å². The quantitative estimate of drug-likeness (QED) is 0.609. The van der Waals surface area contributed by atoms with Crippen molar-refractivity contribution in [1.82, 2.24) is 4.90 Å². The molecule has 0 saturated carbocycles. The van der Waals surface area contributed by atoms with Gasteiger partial charge in [0.05, 0.1) is 12.1 Å². The lowest BCUT2D eigenvalue weighted by Gasteiger charge is -2.20. The number of carboxylic acid groups (broad SMARTS) is 1. The number of carbonyl (C=O) groups excluding carboxylic acids is 2. The molecular formula is C23H23F3N2O5. The van der Waals surface area contributed by atoms with Gasteiger partial charge in [-0.3, -0.25) is 14.6 Å². The summed E-state index contributed by atoms with van der Waals surface area (Å²) in [6.45, 7) is 4.86. The van der Waals surface area contributed by atoms with Crippen LogP contribution in [-0.4, -0.2) is 40.6 Å². The third-order valence-corrected chi connectivity index (χ3v) is 5.33. The minimum atomic E-state index is -4.50. The summed E-state index contributed by atoms with van der Waals surface area (Å²) >= 11 is 0. The molecule has 10 heteroatoms. The van der Waals surface area contributed by atoms with Gasteiger partial charge < -0.3 is 9.84 Å². The second-order valence-corrected chi connectivity index (χ2v) is 7.80. The number of ether oxygens (including phenoxy) is 1. The summed E-state index contributed by atoms with van der Waals surface area (Å²) < 4.78 is 44.0. The van der Waals surface area contributed by atoms with Crippen LogP contribution in [0.1, 0.15) is 35.6 Å². The summed E-state index contributed by atoms with van der Waals surface area (Å²) in [5.41, 5.74) is 1.30. The number of hydrogen-bond acceptors (Lipinski definition) is 4. The van der Waals surface area contributed by atoms with Crippen molar-refractivity contribution in [1.29, 1.82) is 0 Å². The van der Waals surface area contributed by atoms with Gasteiger partial charge in [0, 0.05) is 5.69 Å². The highest BCUT2D eigenvalue weighted by atomic mass is 19.4. The normalized spacial score (nSPS) is 15.2. The zero-order chi connectivity index (χ0) is 24.5. The summed E-state index contributed by atoms with van der Waals surface area (Å²) in [6.07, 6.45) is -5.21. The zero-order valence-electron chi connectivity index (χ0n) is 18.3. The van der Waals surface area contributed by atoms with E-state index in [2.05, 4.69) is 0 Å². The number of amides is 3. The predicted molar refractivity (Wildman–Crippen MR) is 113 cm³/mol. The van der Waals surface area contributed by atoms with Crippen LogP contribution in [-0.2, 0) is 22.3 Å². The lowest BCUT2D eigenvalue weighted by Crippen LogP contribution is -2.32. The van der Waals surface area contributed by atoms with Crippen LogP contribution in [0.5, 0.6) is 5.75 Å². The Hall–Kier alpha value is -3.56. The van der Waals surface area contributed by atoms with Crippen LogP contribution in [0.4, 0.5) is 23.7 Å². The molecule has 176 valence electrons. The number of rotatable bonds is 7. The van der Waals surface area contributed by atoms with Gasteiger partial charge in [-0.2, -0.15) is 13.2 Å². The van der Waals surface area contributed by atoms with Gasteiger partial charge in [-0.25, -0.2) is 9.59 Å². The first-order valence-corrected chi connectivity index (χ1v) is 10.2. The smallest absolute Gasteiger partial charge is 0.416 e. The van der Waals surface area contributed by atoms with E-state index in [1.54, 1.807) is 32.9 Å². The molecule has 1 N–H and O–H groups in total. The monoisotopic (exact) mass is 464 g/mol. The SMILES string of the molecule is CCC(Oc1c(C)cc(CN2C(=O)CN(c3ccc(C(F)(F)F)cc3)C2=O)cc1C)C(=O)O. The first-order valence-electron chi connectivity index (χ1n) is 10.2. The number of hydrogen-bond donors (Lipinski definition) is 1. The maximum atomic E-state index is 12.8. The van der Waals surface area contributed by atoms with Gasteiger partial charge in [-0.05, 0) is 61.2 Å². The third kappa shape index (κ3) is 5.10. The van der Waals surface area contributed by atoms with Crippen molar-refractivity contribution >= 4 is 23.6 Å². The van der Waals surface area contributed by atoms with Crippen LogP contribution in [0, 0.1) is 13.8 Å². The van der Waals surface area contributed by atoms with E-state index in [1.165, 1.54) is 0 Å². The number of nitrogens with zero attached hydrogens (tertiary/aromatic N) is 2. The van der Waals surface area contributed by atoms with Crippen molar-refractivity contribution in [3.63, 3.8) is 0 Å². The molecule has 1 atom stereocenters. The molecule has 1 unspecified atom stereocenters. The lowest BCUT2D eigenvalue weighted by atomic mass is 10.0. The molecule has 3 rings (SSSR count). The van der Waals surface area contributed by atoms with Gasteiger partial charge in [0.2, 0.25) is 0 Å². The molecule has 2 aromatic rings. The Kier molecular flexibility index (Phi) is 6.66. The summed E-state index contributed by atoms with van der Waals surface area (Å²) in [5.74, 6) is -1.12. The predicted octanol–water partition coefficient (Wildman–Crippen LogP) is 4.53. The molecule has 0 aromatic heterocycles. The van der Waals surface area contributed by atoms with E-state index in [4.69, 9.17) is 4.74 Å². The molecule has 33 heavy (non-hydrogen) atoms. The average molecular weight is 464 g/mol. The zero-order valence-corrected chi connectivity index (χ0v) is 18.3. The highest BCUT2D eigenvalue weighted by Gasteiger charge is 2.37. The molecule has 0 bridgehead atoms. The average Bonchev–Trinajstić information content (AvgIpc) is 3.01. The second kappa shape index (κ2) is 9.13. The van der Waals surface area contributed by atoms with Crippen LogP contribution in [0.3, 0.4) is 0 Å². The lowest BCUT2D eigenvalue weighted by molar-refractivity contribution is -0.145. The van der Waals surface area contributed by atoms with E-state index in [1.807, 2.05) is 0 Å². The number of urea groups is 1. The Morgan fingerprint density at radius 1 is 1.12 bits per heavy atom. The van der Waals surface area contributed by atoms with Gasteiger partial charge in [0.15, 0.2) is 6.10 Å². The molecule has 2 aromatic carbocycles. The van der Waals surface area contributed by atoms with Gasteiger partial charge in [0.1, 0.15) is 12.3 Å². The summed E-state index contributed by atoms with van der Waals surface area (Å²) in [7, 11) is 0. The first kappa shape index (κ1) is 24.1. The number of benzene rings is 2. The number of aryl methyl sites for hydroxylation is 2. The minimum Gasteiger partial charge on any atom is -0.479 e. The Balaban J connectivity index is 1.78. The fourth-order valence-corrected chi connectivity index (χ4v) is 3.68. The third-order valence-electron chi connectivity index (χ3n) is 5.33. The Morgan fingerprint density at radius 3 is 2.18 bits per heavy atom. The highest BCUT2D eigenvalue weighted by Crippen LogP contribution is 2.32. The number of carboxylic acids is 1. The molecule has 0 spiro atoms. The van der Waals surface area contributed by atoms with Crippen molar-refractivity contribution in [2.75, 3.05) is 11.4 Å². The van der Waals surface area contributed by atoms with Crippen molar-refractivity contribution in [3.05, 3.63) is 58.7 Å². The molecule has 7 nitrogen and oxygen atoms in total. The molecule has 1 saturated heterocycles. The van der Waals surface area contributed by atoms with E-state index in [9.17, 15) is 32.7 Å². The van der Waals surface area contributed by atoms with Gasteiger partial charge in [0.25, 0.3) is 5.91 Å². The van der Waals surface area contributed by atoms with Crippen LogP contribution in [0.15, 0.2) is 36.4 Å². The van der Waals surface area contributed by atoms with Crippen molar-refractivity contribution in [2.24, 2.45) is 0 Å². The molecule has 1 aliphatic heterocycles. The van der Waals surface area contributed by atoms with Gasteiger partial charge in [-0.15, -0.1) is 0 Å². The van der Waals surface area contributed by atoms with E-state index >= 15 is 0 Å². The number of alkyl halides is 3. The number of halogens is 3. The number of carbonyl (C=O) groups is 3. The largest absolute Gasteiger partial charge is 0.479 e. The van der Waals surface area contributed by atoms with Gasteiger partial charge >= 0.3 is 18.2 Å². The van der Waals surface area contributed by atoms with Gasteiger partial charge in [-0.1, -0.05) is 19.1 Å². The molecule has 0 aliphatic carbocycles. The molecule has 1 aliphatic rings. The fraction of sp³-hybridized carbons (Fsp3) is 0.348. The Morgan fingerprint density at radius 2 is 1.70 bits per heavy atom. The van der Waals surface area contributed by atoms with E-state index in [-0.39, 0.29) is 25.2 Å². The van der Waals surface area contributed by atoms with Crippen molar-refractivity contribution < 1.29 is 37.4 Å². The maximum Gasteiger partial charge on any atom is 0.416 e. The summed E-state index contributed by atoms with van der Waals surface area (Å²) in [6, 6.07) is 6.82. The molecular weight excluding hydrogens is 441 g/mol. The highest BCUT2D eigenvalue weighted by molar-refractivity contribution is 6.12. The van der Waals surface area contributed by atoms with E-state index in [0.717, 1.165) is 34.1 Å². The summed E-state index contributed by atoms with van der Waals surface area (Å²) in [4.78, 5) is 38.7. The standard InChI is InChI=1S/C23H23F3N2O5/c1-4-18(21(30)31)33-20-13(2)9-15(10-14(20)3)11-28-19(29)12-27(22(28)32)17-7-5-16(6-8-17)23(24,25)26/h5-10,18H,4,11-12H2,1-3H3,(H,30,31). The van der Waals surface area contributed by atoms with Crippen LogP contribution in [0.25, 0.3) is 0 Å². The number of aliphatic carboxylic acids is 1. The Labute approximate surface area is 188 Å². The molecule has 0 radical (unpaired) electrons. The summed E-state index contributed by atoms with van der Waals surface area (Å²) in [5, 5.41) is 9.23. The number of anilines is 1. The van der Waals surface area contributed by atoms with Crippen molar-refractivity contribution in [3.8, 4) is 5.75 Å². The molecule has 3 amide bonds. The van der Waals surface area contributed by atoms with Crippen LogP contribution < -0.4 is 9.64 Å². The van der Waals surface area contributed by atoms with Crippen molar-refractivity contribution in [2.45, 2.75) is 46.0 Å². The van der Waals surface area contributed by atoms with E-state index < -0.39 is 35.8 Å². The fourth-order valence-electron chi connectivity index (χ4n) is 3.68. The topological polar surface area (TPSA) is 87.2 Å². The first-order chi connectivity index (χ1) is 15.4.